The van der Waals surface area contributed by atoms with E-state index in [1.54, 1.807) is 6.92 Å². The normalized spacial score (nSPS) is 10.0. The molecule has 4 heteroatoms. The van der Waals surface area contributed by atoms with Gasteiger partial charge >= 0.3 is 5.97 Å². The maximum absolute atomic E-state index is 10.7. The van der Waals surface area contributed by atoms with Crippen LogP contribution >= 0.6 is 0 Å². The minimum absolute atomic E-state index is 0.0972. The average molecular weight is 182 g/mol. The molecule has 1 rings (SSSR count). The Labute approximate surface area is 75.1 Å². The van der Waals surface area contributed by atoms with Crippen LogP contribution in [-0.4, -0.2) is 21.3 Å². The Morgan fingerprint density at radius 1 is 1.15 bits per heavy atom. The first-order valence-corrected chi connectivity index (χ1v) is 3.70. The van der Waals surface area contributed by atoms with Gasteiger partial charge in [-0.1, -0.05) is 0 Å². The molecule has 1 aromatic rings. The molecule has 0 fully saturated rings. The second-order valence-electron chi connectivity index (χ2n) is 2.84. The lowest BCUT2D eigenvalue weighted by Crippen LogP contribution is -2.01. The van der Waals surface area contributed by atoms with Crippen LogP contribution in [0.15, 0.2) is 6.07 Å². The average Bonchev–Trinajstić information content (AvgIpc) is 1.99. The molecule has 0 unspecified atom stereocenters. The quantitative estimate of drug-likeness (QED) is 0.613. The second kappa shape index (κ2) is 2.97. The maximum Gasteiger partial charge on any atom is 0.339 e. The van der Waals surface area contributed by atoms with Crippen molar-refractivity contribution >= 4 is 5.97 Å². The molecule has 13 heavy (non-hydrogen) atoms. The van der Waals surface area contributed by atoms with Gasteiger partial charge in [0, 0.05) is 6.07 Å². The SMILES string of the molecule is Cc1c(O)cc(O)c(C(=O)O)c1C. The molecule has 1 aromatic carbocycles. The Kier molecular flexibility index (Phi) is 2.14. The molecule has 4 nitrogen and oxygen atoms in total. The van der Waals surface area contributed by atoms with Gasteiger partial charge in [-0.25, -0.2) is 4.79 Å². The van der Waals surface area contributed by atoms with E-state index in [0.717, 1.165) is 6.07 Å². The summed E-state index contributed by atoms with van der Waals surface area (Å²) in [6.07, 6.45) is 0. The Morgan fingerprint density at radius 3 is 2.15 bits per heavy atom. The first-order chi connectivity index (χ1) is 5.95. The predicted molar refractivity (Wildman–Crippen MR) is 46.2 cm³/mol. The van der Waals surface area contributed by atoms with E-state index in [0.29, 0.717) is 11.1 Å². The second-order valence-corrected chi connectivity index (χ2v) is 2.84. The van der Waals surface area contributed by atoms with E-state index in [-0.39, 0.29) is 11.3 Å². The molecular formula is C9H10O4. The van der Waals surface area contributed by atoms with Crippen molar-refractivity contribution in [2.75, 3.05) is 0 Å². The molecule has 0 saturated carbocycles. The number of carboxylic acid groups (broad SMARTS) is 1. The summed E-state index contributed by atoms with van der Waals surface area (Å²) in [5.74, 6) is -1.70. The molecule has 0 aliphatic heterocycles. The van der Waals surface area contributed by atoms with Crippen LogP contribution in [0.3, 0.4) is 0 Å². The van der Waals surface area contributed by atoms with Gasteiger partial charge in [-0.2, -0.15) is 0 Å². The van der Waals surface area contributed by atoms with Crippen molar-refractivity contribution in [2.45, 2.75) is 13.8 Å². The molecule has 0 heterocycles. The molecule has 0 aliphatic carbocycles. The molecule has 0 bridgehead atoms. The molecule has 0 radical (unpaired) electrons. The molecule has 0 spiro atoms. The van der Waals surface area contributed by atoms with Crippen molar-refractivity contribution in [3.05, 3.63) is 22.8 Å². The van der Waals surface area contributed by atoms with Crippen molar-refractivity contribution in [2.24, 2.45) is 0 Å². The van der Waals surface area contributed by atoms with Crippen LogP contribution in [-0.2, 0) is 0 Å². The Bertz CT molecular complexity index is 368. The van der Waals surface area contributed by atoms with Crippen LogP contribution in [0.5, 0.6) is 11.5 Å². The molecule has 70 valence electrons. The third kappa shape index (κ3) is 1.42. The van der Waals surface area contributed by atoms with Crippen LogP contribution in [0.1, 0.15) is 21.5 Å². The lowest BCUT2D eigenvalue weighted by atomic mass is 10.0. The number of phenolic OH excluding ortho intramolecular Hbond substituents is 1. The van der Waals surface area contributed by atoms with Gasteiger partial charge < -0.3 is 15.3 Å². The van der Waals surface area contributed by atoms with Crippen molar-refractivity contribution in [1.29, 1.82) is 0 Å². The topological polar surface area (TPSA) is 77.8 Å². The molecule has 0 saturated heterocycles. The van der Waals surface area contributed by atoms with Crippen molar-refractivity contribution in [1.82, 2.24) is 0 Å². The van der Waals surface area contributed by atoms with Crippen molar-refractivity contribution in [3.63, 3.8) is 0 Å². The van der Waals surface area contributed by atoms with Crippen LogP contribution in [0.25, 0.3) is 0 Å². The molecule has 0 atom stereocenters. The fourth-order valence-electron chi connectivity index (χ4n) is 1.15. The van der Waals surface area contributed by atoms with Gasteiger partial charge in [-0.3, -0.25) is 0 Å². The summed E-state index contributed by atoms with van der Waals surface area (Å²) in [5, 5.41) is 27.2. The van der Waals surface area contributed by atoms with E-state index >= 15 is 0 Å². The highest BCUT2D eigenvalue weighted by Crippen LogP contribution is 2.30. The summed E-state index contributed by atoms with van der Waals surface area (Å²) in [6, 6.07) is 1.03. The number of carboxylic acids is 1. The summed E-state index contributed by atoms with van der Waals surface area (Å²) >= 11 is 0. The summed E-state index contributed by atoms with van der Waals surface area (Å²) in [6.45, 7) is 3.13. The number of hydrogen-bond acceptors (Lipinski definition) is 3. The summed E-state index contributed by atoms with van der Waals surface area (Å²) < 4.78 is 0. The van der Waals surface area contributed by atoms with E-state index in [2.05, 4.69) is 0 Å². The number of aromatic hydroxyl groups is 2. The van der Waals surface area contributed by atoms with E-state index in [9.17, 15) is 15.0 Å². The molecule has 0 aromatic heterocycles. The van der Waals surface area contributed by atoms with Crippen LogP contribution in [0.2, 0.25) is 0 Å². The van der Waals surface area contributed by atoms with Crippen LogP contribution < -0.4 is 0 Å². The van der Waals surface area contributed by atoms with Gasteiger partial charge in [-0.05, 0) is 25.0 Å². The van der Waals surface area contributed by atoms with E-state index in [1.165, 1.54) is 6.92 Å². The minimum atomic E-state index is -1.20. The summed E-state index contributed by atoms with van der Waals surface area (Å²) in [4.78, 5) is 10.7. The van der Waals surface area contributed by atoms with Crippen molar-refractivity contribution in [3.8, 4) is 11.5 Å². The maximum atomic E-state index is 10.7. The first-order valence-electron chi connectivity index (χ1n) is 3.70. The fourth-order valence-corrected chi connectivity index (χ4v) is 1.15. The van der Waals surface area contributed by atoms with Crippen molar-refractivity contribution < 1.29 is 20.1 Å². The van der Waals surface area contributed by atoms with E-state index in [4.69, 9.17) is 5.11 Å². The highest BCUT2D eigenvalue weighted by molar-refractivity contribution is 5.93. The van der Waals surface area contributed by atoms with Gasteiger partial charge in [0.2, 0.25) is 0 Å². The van der Waals surface area contributed by atoms with Gasteiger partial charge in [0.15, 0.2) is 0 Å². The van der Waals surface area contributed by atoms with Crippen LogP contribution in [0.4, 0.5) is 0 Å². The predicted octanol–water partition coefficient (Wildman–Crippen LogP) is 1.41. The third-order valence-electron chi connectivity index (χ3n) is 2.07. The lowest BCUT2D eigenvalue weighted by Gasteiger charge is -2.08. The van der Waals surface area contributed by atoms with Gasteiger partial charge in [0.1, 0.15) is 17.1 Å². The number of carbonyl (C=O) groups is 1. The highest BCUT2D eigenvalue weighted by atomic mass is 16.4. The largest absolute Gasteiger partial charge is 0.508 e. The summed E-state index contributed by atoms with van der Waals surface area (Å²) in [5.41, 5.74) is 0.690. The first kappa shape index (κ1) is 9.38. The minimum Gasteiger partial charge on any atom is -0.508 e. The standard InChI is InChI=1S/C9H10O4/c1-4-5(2)8(9(12)13)7(11)3-6(4)10/h3,10-11H,1-2H3,(H,12,13). The molecular weight excluding hydrogens is 172 g/mol. The number of phenols is 2. The molecule has 0 amide bonds. The fraction of sp³-hybridized carbons (Fsp3) is 0.222. The molecule has 3 N–H and O–H groups in total. The Balaban J connectivity index is 3.53. The van der Waals surface area contributed by atoms with E-state index < -0.39 is 11.7 Å². The summed E-state index contributed by atoms with van der Waals surface area (Å²) in [7, 11) is 0. The zero-order valence-electron chi connectivity index (χ0n) is 7.33. The zero-order valence-corrected chi connectivity index (χ0v) is 7.33. The number of rotatable bonds is 1. The molecule has 0 aliphatic rings. The van der Waals surface area contributed by atoms with Gasteiger partial charge in [0.05, 0.1) is 0 Å². The third-order valence-corrected chi connectivity index (χ3v) is 2.07. The van der Waals surface area contributed by atoms with Gasteiger partial charge in [-0.15, -0.1) is 0 Å². The van der Waals surface area contributed by atoms with Crippen LogP contribution in [0, 0.1) is 13.8 Å². The highest BCUT2D eigenvalue weighted by Gasteiger charge is 2.16. The zero-order chi connectivity index (χ0) is 10.2. The lowest BCUT2D eigenvalue weighted by molar-refractivity contribution is 0.0693. The van der Waals surface area contributed by atoms with Gasteiger partial charge in [0.25, 0.3) is 0 Å². The van der Waals surface area contributed by atoms with E-state index in [1.807, 2.05) is 0 Å². The number of hydrogen-bond donors (Lipinski definition) is 3. The Hall–Kier alpha value is -1.71. The Morgan fingerprint density at radius 2 is 1.69 bits per heavy atom. The monoisotopic (exact) mass is 182 g/mol. The number of benzene rings is 1. The smallest absolute Gasteiger partial charge is 0.339 e. The number of aromatic carboxylic acids is 1.